The summed E-state index contributed by atoms with van der Waals surface area (Å²) in [4.78, 5) is 43.7. The van der Waals surface area contributed by atoms with Crippen LogP contribution in [0.25, 0.3) is 10.8 Å². The van der Waals surface area contributed by atoms with Gasteiger partial charge in [-0.05, 0) is 27.0 Å². The van der Waals surface area contributed by atoms with E-state index in [9.17, 15) is 39.9 Å². The van der Waals surface area contributed by atoms with Gasteiger partial charge < -0.3 is 54.7 Å². The summed E-state index contributed by atoms with van der Waals surface area (Å²) >= 11 is 0. The quantitative estimate of drug-likeness (QED) is 0.113. The van der Waals surface area contributed by atoms with E-state index in [2.05, 4.69) is 15.3 Å². The molecule has 2 aromatic rings. The van der Waals surface area contributed by atoms with Crippen LogP contribution in [0.4, 0.5) is 5.69 Å². The Morgan fingerprint density at radius 3 is 2.29 bits per heavy atom. The van der Waals surface area contributed by atoms with Gasteiger partial charge in [0.25, 0.3) is 11.7 Å². The number of likely N-dealkylation sites (N-methyl/N-ethyl adjacent to an activating group) is 1. The number of rotatable bonds is 4. The Kier molecular flexibility index (Phi) is 11.6. The van der Waals surface area contributed by atoms with E-state index < -0.39 is 93.7 Å². The predicted octanol–water partition coefficient (Wildman–Crippen LogP) is 3.66. The Labute approximate surface area is 337 Å². The number of aliphatic hydroxyl groups is 2. The minimum atomic E-state index is -2.07. The van der Waals surface area contributed by atoms with Crippen LogP contribution in [0.5, 0.6) is 23.0 Å². The fourth-order valence-electron chi connectivity index (χ4n) is 8.64. The number of anilines is 1. The van der Waals surface area contributed by atoms with E-state index in [1.165, 1.54) is 52.5 Å². The summed E-state index contributed by atoms with van der Waals surface area (Å²) in [5.41, 5.74) is -2.60. The first kappa shape index (κ1) is 42.4. The van der Waals surface area contributed by atoms with Gasteiger partial charge in [0.15, 0.2) is 5.75 Å². The van der Waals surface area contributed by atoms with Gasteiger partial charge in [0.2, 0.25) is 0 Å². The van der Waals surface area contributed by atoms with E-state index in [4.69, 9.17) is 18.9 Å². The maximum Gasteiger partial charge on any atom is 0.312 e. The smallest absolute Gasteiger partial charge is 0.312 e. The predicted molar refractivity (Wildman–Crippen MR) is 214 cm³/mol. The minimum Gasteiger partial charge on any atom is -0.507 e. The van der Waals surface area contributed by atoms with Crippen molar-refractivity contribution in [1.29, 1.82) is 0 Å². The maximum absolute atomic E-state index is 14.6. The zero-order chi connectivity index (χ0) is 42.6. The standard InChI is InChI=1S/C42H54N4O12/c1-20-11-10-12-21(2)40(54)44-31-25(19-43-46-16-14-45(8)15-17-46)34(50)27-28(36(31)52)35(51)30-37-29(27)38(53)42(7,58-37)56-18-13-26(55-9)41(30,6)39(57-24(5)47)23(4)33(49)22(3)32(20)48/h10-13,18-20,22-23,26,32-33,39,48-52H,14-17H2,1-9H3,(H,44,54). The highest BCUT2D eigenvalue weighted by Crippen LogP contribution is 2.60. The van der Waals surface area contributed by atoms with Gasteiger partial charge in [-0.25, -0.2) is 0 Å². The molecule has 0 aromatic heterocycles. The number of carbonyl (C=O) groups is 3. The largest absolute Gasteiger partial charge is 0.507 e. The first-order chi connectivity index (χ1) is 27.3. The number of phenols is 3. The van der Waals surface area contributed by atoms with Crippen LogP contribution in [0, 0.1) is 17.8 Å². The number of ether oxygens (including phenoxy) is 4. The van der Waals surface area contributed by atoms with Crippen LogP contribution in [-0.2, 0) is 29.2 Å². The normalized spacial score (nSPS) is 32.0. The van der Waals surface area contributed by atoms with Gasteiger partial charge in [-0.3, -0.25) is 19.4 Å². The second-order valence-electron chi connectivity index (χ2n) is 16.2. The van der Waals surface area contributed by atoms with E-state index in [0.29, 0.717) is 26.2 Å². The molecule has 6 rings (SSSR count). The van der Waals surface area contributed by atoms with E-state index in [1.807, 2.05) is 7.05 Å². The molecule has 0 spiro atoms. The zero-order valence-electron chi connectivity index (χ0n) is 34.3. The molecule has 4 aliphatic rings. The lowest BCUT2D eigenvalue weighted by Crippen LogP contribution is -2.55. The van der Waals surface area contributed by atoms with E-state index in [1.54, 1.807) is 44.9 Å². The number of aliphatic hydroxyl groups excluding tert-OH is 2. The van der Waals surface area contributed by atoms with Crippen molar-refractivity contribution in [2.75, 3.05) is 45.7 Å². The summed E-state index contributed by atoms with van der Waals surface area (Å²) in [5.74, 6) is -9.01. The SMILES string of the molecule is COC1C=COC2(C)Oc3c4c(O)c5c(O)c(c(C=NN6CCN(C)CC6)c(O)c5c3C2=O)NC(=O)C(C)=CC=CC(C)C(O)C(C)C(O)C(C)C(OC(C)=O)C41C. The number of allylic oxidation sites excluding steroid dienone is 2. The maximum atomic E-state index is 14.6. The summed E-state index contributed by atoms with van der Waals surface area (Å²) in [6.07, 6.45) is 3.63. The number of amides is 1. The number of aromatic hydroxyl groups is 3. The summed E-state index contributed by atoms with van der Waals surface area (Å²) in [5, 5.41) is 69.1. The molecule has 6 N–H and O–H groups in total. The lowest BCUT2D eigenvalue weighted by molar-refractivity contribution is -0.164. The second-order valence-corrected chi connectivity index (χ2v) is 16.2. The van der Waals surface area contributed by atoms with Crippen molar-refractivity contribution in [2.45, 2.75) is 84.1 Å². The highest BCUT2D eigenvalue weighted by Gasteiger charge is 2.58. The van der Waals surface area contributed by atoms with Crippen molar-refractivity contribution in [2.24, 2.45) is 22.9 Å². The van der Waals surface area contributed by atoms with Gasteiger partial charge in [-0.1, -0.05) is 39.0 Å². The molecule has 4 aliphatic heterocycles. The lowest BCUT2D eigenvalue weighted by atomic mass is 9.65. The number of nitrogens with zero attached hydrogens (tertiary/aromatic N) is 3. The molecule has 9 atom stereocenters. The molecule has 0 radical (unpaired) electrons. The third kappa shape index (κ3) is 7.05. The van der Waals surface area contributed by atoms with Crippen molar-refractivity contribution < 1.29 is 58.9 Å². The molecule has 0 saturated carbocycles. The minimum absolute atomic E-state index is 0.170. The zero-order valence-corrected chi connectivity index (χ0v) is 34.3. The van der Waals surface area contributed by atoms with Crippen LogP contribution in [0.1, 0.15) is 70.0 Å². The Balaban J connectivity index is 1.78. The Hall–Kier alpha value is -5.16. The number of piperazine rings is 1. The number of fused-ring (bicyclic) bond motifs is 3. The van der Waals surface area contributed by atoms with Crippen LogP contribution in [-0.4, -0.2) is 130 Å². The van der Waals surface area contributed by atoms with Crippen molar-refractivity contribution in [1.82, 2.24) is 9.91 Å². The third-order valence-corrected chi connectivity index (χ3v) is 12.2. The average molecular weight is 807 g/mol. The number of methoxy groups -OCH3 is 1. The van der Waals surface area contributed by atoms with Gasteiger partial charge in [-0.2, -0.15) is 5.10 Å². The number of benzene rings is 2. The molecule has 58 heavy (non-hydrogen) atoms. The topological polar surface area (TPSA) is 220 Å². The number of nitrogens with one attached hydrogen (secondary N) is 1. The third-order valence-electron chi connectivity index (χ3n) is 12.2. The average Bonchev–Trinajstić information content (AvgIpc) is 3.45. The molecular formula is C42H54N4O12. The van der Waals surface area contributed by atoms with Crippen LogP contribution in [0.2, 0.25) is 0 Å². The van der Waals surface area contributed by atoms with Gasteiger partial charge in [0, 0.05) is 75.8 Å². The molecule has 1 amide bonds. The number of esters is 1. The highest BCUT2D eigenvalue weighted by molar-refractivity contribution is 6.24. The van der Waals surface area contributed by atoms with Gasteiger partial charge in [0.05, 0.1) is 64.0 Å². The number of hydrazone groups is 1. The number of carbonyl (C=O) groups excluding carboxylic acids is 3. The molecule has 4 heterocycles. The number of hydrogen-bond acceptors (Lipinski definition) is 15. The van der Waals surface area contributed by atoms with E-state index in [0.717, 1.165) is 0 Å². The number of phenolic OH excluding ortho intramolecular Hbond substituents is 3. The molecular weight excluding hydrogens is 752 g/mol. The fraction of sp³-hybridized carbons (Fsp3) is 0.524. The molecule has 1 saturated heterocycles. The number of ketones is 1. The summed E-state index contributed by atoms with van der Waals surface area (Å²) < 4.78 is 24.4. The molecule has 9 unspecified atom stereocenters. The van der Waals surface area contributed by atoms with E-state index >= 15 is 0 Å². The van der Waals surface area contributed by atoms with Crippen LogP contribution < -0.4 is 10.1 Å². The number of Topliss-reactive ketones (excluding diaryl/α,β-unsaturated/α-hetero) is 1. The molecule has 0 aliphatic carbocycles. The lowest BCUT2D eigenvalue weighted by Gasteiger charge is -2.46. The Morgan fingerprint density at radius 1 is 0.983 bits per heavy atom. The molecule has 1 fully saturated rings. The Morgan fingerprint density at radius 2 is 1.66 bits per heavy atom. The first-order valence-electron chi connectivity index (χ1n) is 19.4. The fourth-order valence-corrected chi connectivity index (χ4v) is 8.64. The van der Waals surface area contributed by atoms with Crippen LogP contribution >= 0.6 is 0 Å². The van der Waals surface area contributed by atoms with Crippen molar-refractivity contribution in [3.8, 4) is 23.0 Å². The van der Waals surface area contributed by atoms with Gasteiger partial charge in [0.1, 0.15) is 23.4 Å². The first-order valence-corrected chi connectivity index (χ1v) is 19.4. The summed E-state index contributed by atoms with van der Waals surface area (Å²) in [6.45, 7) is 13.1. The second kappa shape index (κ2) is 15.9. The van der Waals surface area contributed by atoms with Crippen molar-refractivity contribution >= 4 is 40.3 Å². The van der Waals surface area contributed by atoms with Crippen LogP contribution in [0.15, 0.2) is 41.2 Å². The van der Waals surface area contributed by atoms with Crippen molar-refractivity contribution in [3.63, 3.8) is 0 Å². The Bertz CT molecular complexity index is 2120. The van der Waals surface area contributed by atoms with Gasteiger partial charge >= 0.3 is 11.8 Å². The molecule has 2 aromatic carbocycles. The highest BCUT2D eigenvalue weighted by atomic mass is 16.7. The van der Waals surface area contributed by atoms with Crippen molar-refractivity contribution in [3.05, 3.63) is 52.8 Å². The van der Waals surface area contributed by atoms with Gasteiger partial charge in [-0.15, -0.1) is 0 Å². The molecule has 16 nitrogen and oxygen atoms in total. The summed E-state index contributed by atoms with van der Waals surface area (Å²) in [7, 11) is 3.34. The number of hydrogen-bond donors (Lipinski definition) is 6. The monoisotopic (exact) mass is 806 g/mol. The molecule has 16 heteroatoms. The molecule has 5 bridgehead atoms. The summed E-state index contributed by atoms with van der Waals surface area (Å²) in [6, 6.07) is 0. The van der Waals surface area contributed by atoms with Crippen LogP contribution in [0.3, 0.4) is 0 Å². The van der Waals surface area contributed by atoms with E-state index in [-0.39, 0.29) is 39.1 Å². The molecule has 314 valence electrons.